The average Bonchev–Trinajstić information content (AvgIpc) is 3.02. The first-order valence-electron chi connectivity index (χ1n) is 7.93. The van der Waals surface area contributed by atoms with Gasteiger partial charge in [-0.2, -0.15) is 5.10 Å². The lowest BCUT2D eigenvalue weighted by molar-refractivity contribution is -0.119. The number of rotatable bonds is 8. The summed E-state index contributed by atoms with van der Waals surface area (Å²) in [5.74, 6) is 0.246. The molecule has 2 rings (SSSR count). The Bertz CT molecular complexity index is 711. The van der Waals surface area contributed by atoms with Crippen molar-refractivity contribution in [1.82, 2.24) is 15.1 Å². The van der Waals surface area contributed by atoms with Gasteiger partial charge in [-0.3, -0.25) is 14.3 Å². The van der Waals surface area contributed by atoms with E-state index in [2.05, 4.69) is 21.0 Å². The maximum atomic E-state index is 12.1. The highest BCUT2D eigenvalue weighted by Crippen LogP contribution is 2.15. The van der Waals surface area contributed by atoms with Crippen molar-refractivity contribution in [3.05, 3.63) is 36.7 Å². The third-order valence-electron chi connectivity index (χ3n) is 3.54. The summed E-state index contributed by atoms with van der Waals surface area (Å²) < 4.78 is 6.54. The van der Waals surface area contributed by atoms with E-state index in [0.717, 1.165) is 5.75 Å². The quantitative estimate of drug-likeness (QED) is 0.670. The van der Waals surface area contributed by atoms with E-state index in [4.69, 9.17) is 4.74 Å². The molecular weight excluding hydrogens is 322 g/mol. The van der Waals surface area contributed by atoms with E-state index in [0.29, 0.717) is 17.9 Å². The van der Waals surface area contributed by atoms with Crippen molar-refractivity contribution in [3.63, 3.8) is 0 Å². The Kier molecular flexibility index (Phi) is 6.53. The molecule has 0 saturated heterocycles. The molecule has 1 unspecified atom stereocenters. The lowest BCUT2D eigenvalue weighted by atomic mass is 10.1. The van der Waals surface area contributed by atoms with Crippen molar-refractivity contribution >= 4 is 23.2 Å². The number of hydrogen-bond acceptors (Lipinski definition) is 5. The summed E-state index contributed by atoms with van der Waals surface area (Å²) in [5, 5.41) is 12.6. The van der Waals surface area contributed by atoms with Gasteiger partial charge in [-0.15, -0.1) is 0 Å². The van der Waals surface area contributed by atoms with Crippen LogP contribution in [0.5, 0.6) is 5.75 Å². The molecule has 3 N–H and O–H groups in total. The number of carbonyl (C=O) groups is 2. The minimum absolute atomic E-state index is 0.0496. The number of aromatic nitrogens is 2. The number of nitrogens with zero attached hydrogens (tertiary/aromatic N) is 2. The van der Waals surface area contributed by atoms with Crippen LogP contribution in [0.1, 0.15) is 6.92 Å². The molecule has 1 heterocycles. The van der Waals surface area contributed by atoms with Crippen LogP contribution in [0.25, 0.3) is 0 Å². The Morgan fingerprint density at radius 2 is 1.92 bits per heavy atom. The van der Waals surface area contributed by atoms with Crippen molar-refractivity contribution in [2.45, 2.75) is 13.5 Å². The summed E-state index contributed by atoms with van der Waals surface area (Å²) in [6.07, 6.45) is 3.14. The normalized spacial score (nSPS) is 11.6. The highest BCUT2D eigenvalue weighted by molar-refractivity contribution is 5.92. The summed E-state index contributed by atoms with van der Waals surface area (Å²) in [4.78, 5) is 24.0. The van der Waals surface area contributed by atoms with Gasteiger partial charge in [0, 0.05) is 24.3 Å². The first-order chi connectivity index (χ1) is 12.0. The zero-order valence-electron chi connectivity index (χ0n) is 14.6. The number of methoxy groups -OCH3 is 1. The van der Waals surface area contributed by atoms with Crippen molar-refractivity contribution in [3.8, 4) is 5.75 Å². The van der Waals surface area contributed by atoms with Crippen LogP contribution in [0.4, 0.5) is 11.4 Å². The predicted octanol–water partition coefficient (Wildman–Crippen LogP) is 1.32. The molecule has 1 aromatic carbocycles. The minimum atomic E-state index is -0.213. The summed E-state index contributed by atoms with van der Waals surface area (Å²) in [5.41, 5.74) is 1.23. The largest absolute Gasteiger partial charge is 0.497 e. The lowest BCUT2D eigenvalue weighted by Gasteiger charge is -2.09. The average molecular weight is 345 g/mol. The molecule has 1 aromatic heterocycles. The Labute approximate surface area is 146 Å². The van der Waals surface area contributed by atoms with Crippen LogP contribution >= 0.6 is 0 Å². The molecule has 2 amide bonds. The van der Waals surface area contributed by atoms with Gasteiger partial charge in [0.2, 0.25) is 11.8 Å². The van der Waals surface area contributed by atoms with Crippen LogP contribution in [0, 0.1) is 5.92 Å². The molecule has 0 saturated carbocycles. The molecule has 25 heavy (non-hydrogen) atoms. The SMILES string of the molecule is CNCC(C)C(=O)Nc1cnn(CC(=O)Nc2ccc(OC)cc2)c1. The molecule has 8 nitrogen and oxygen atoms in total. The Morgan fingerprint density at radius 1 is 1.20 bits per heavy atom. The van der Waals surface area contributed by atoms with Gasteiger partial charge in [-0.05, 0) is 31.3 Å². The second kappa shape index (κ2) is 8.84. The Morgan fingerprint density at radius 3 is 2.56 bits per heavy atom. The number of carbonyl (C=O) groups excluding carboxylic acids is 2. The Hall–Kier alpha value is -2.87. The Balaban J connectivity index is 1.87. The van der Waals surface area contributed by atoms with Gasteiger partial charge in [0.05, 0.1) is 19.0 Å². The standard InChI is InChI=1S/C17H23N5O3/c1-12(8-18-2)17(24)21-14-9-19-22(10-14)11-16(23)20-13-4-6-15(25-3)7-5-13/h4-7,9-10,12,18H,8,11H2,1-3H3,(H,20,23)(H,21,24). The fourth-order valence-corrected chi connectivity index (χ4v) is 2.20. The highest BCUT2D eigenvalue weighted by atomic mass is 16.5. The van der Waals surface area contributed by atoms with Gasteiger partial charge < -0.3 is 20.7 Å². The third kappa shape index (κ3) is 5.61. The summed E-state index contributed by atoms with van der Waals surface area (Å²) in [7, 11) is 3.38. The topological polar surface area (TPSA) is 97.3 Å². The van der Waals surface area contributed by atoms with Gasteiger partial charge in [-0.1, -0.05) is 6.92 Å². The first kappa shape index (κ1) is 18.5. The maximum Gasteiger partial charge on any atom is 0.246 e. The molecule has 0 fully saturated rings. The molecule has 0 aliphatic heterocycles. The van der Waals surface area contributed by atoms with Crippen molar-refractivity contribution in [1.29, 1.82) is 0 Å². The maximum absolute atomic E-state index is 12.1. The lowest BCUT2D eigenvalue weighted by Crippen LogP contribution is -2.28. The number of nitrogens with one attached hydrogen (secondary N) is 3. The number of anilines is 2. The van der Waals surface area contributed by atoms with Crippen molar-refractivity contribution in [2.24, 2.45) is 5.92 Å². The van der Waals surface area contributed by atoms with Gasteiger partial charge >= 0.3 is 0 Å². The second-order valence-electron chi connectivity index (χ2n) is 5.65. The summed E-state index contributed by atoms with van der Waals surface area (Å²) in [6, 6.07) is 7.05. The smallest absolute Gasteiger partial charge is 0.246 e. The molecule has 0 aliphatic carbocycles. The molecule has 8 heteroatoms. The van der Waals surface area contributed by atoms with Crippen LogP contribution in [0.2, 0.25) is 0 Å². The van der Waals surface area contributed by atoms with E-state index in [1.165, 1.54) is 10.9 Å². The van der Waals surface area contributed by atoms with Crippen molar-refractivity contribution < 1.29 is 14.3 Å². The molecule has 0 aliphatic rings. The minimum Gasteiger partial charge on any atom is -0.497 e. The van der Waals surface area contributed by atoms with Gasteiger partial charge in [-0.25, -0.2) is 0 Å². The fourth-order valence-electron chi connectivity index (χ4n) is 2.20. The number of benzene rings is 1. The van der Waals surface area contributed by atoms with Crippen molar-refractivity contribution in [2.75, 3.05) is 31.3 Å². The van der Waals surface area contributed by atoms with E-state index in [9.17, 15) is 9.59 Å². The van der Waals surface area contributed by atoms with E-state index in [-0.39, 0.29) is 24.3 Å². The molecule has 134 valence electrons. The summed E-state index contributed by atoms with van der Waals surface area (Å²) in [6.45, 7) is 2.47. The van der Waals surface area contributed by atoms with E-state index in [1.54, 1.807) is 44.6 Å². The highest BCUT2D eigenvalue weighted by Gasteiger charge is 2.13. The van der Waals surface area contributed by atoms with Crippen LogP contribution < -0.4 is 20.7 Å². The molecular formula is C17H23N5O3. The molecule has 0 radical (unpaired) electrons. The zero-order chi connectivity index (χ0) is 18.2. The van der Waals surface area contributed by atoms with E-state index in [1.807, 2.05) is 6.92 Å². The number of amides is 2. The van der Waals surface area contributed by atoms with Crippen LogP contribution in [0.15, 0.2) is 36.7 Å². The fraction of sp³-hybridized carbons (Fsp3) is 0.353. The van der Waals surface area contributed by atoms with E-state index >= 15 is 0 Å². The molecule has 0 spiro atoms. The summed E-state index contributed by atoms with van der Waals surface area (Å²) >= 11 is 0. The molecule has 2 aromatic rings. The first-order valence-corrected chi connectivity index (χ1v) is 7.93. The second-order valence-corrected chi connectivity index (χ2v) is 5.65. The number of hydrogen-bond donors (Lipinski definition) is 3. The van der Waals surface area contributed by atoms with Gasteiger partial charge in [0.1, 0.15) is 12.3 Å². The van der Waals surface area contributed by atoms with E-state index < -0.39 is 0 Å². The molecule has 1 atom stereocenters. The van der Waals surface area contributed by atoms with Crippen LogP contribution in [-0.4, -0.2) is 42.3 Å². The third-order valence-corrected chi connectivity index (χ3v) is 3.54. The van der Waals surface area contributed by atoms with Crippen LogP contribution in [-0.2, 0) is 16.1 Å². The molecule has 0 bridgehead atoms. The van der Waals surface area contributed by atoms with Crippen LogP contribution in [0.3, 0.4) is 0 Å². The van der Waals surface area contributed by atoms with Gasteiger partial charge in [0.25, 0.3) is 0 Å². The van der Waals surface area contributed by atoms with Gasteiger partial charge in [0.15, 0.2) is 0 Å². The zero-order valence-corrected chi connectivity index (χ0v) is 14.6. The number of ether oxygens (including phenoxy) is 1. The predicted molar refractivity (Wildman–Crippen MR) is 95.6 cm³/mol. The monoisotopic (exact) mass is 345 g/mol.